The standard InChI is InChI=1S/C20H42N4O4/c1-9-21-18(22-11-13-27-15-14-26-8)24(7)12-10-17(16(2)3)23-19(25)28-20(4,5)6/h16-17H,9-15H2,1-8H3,(H,21,22)(H,23,25). The summed E-state index contributed by atoms with van der Waals surface area (Å²) in [5.41, 5.74) is -0.501. The number of nitrogens with one attached hydrogen (secondary N) is 2. The van der Waals surface area contributed by atoms with Crippen molar-refractivity contribution in [2.45, 2.75) is 59.6 Å². The average Bonchev–Trinajstić information content (AvgIpc) is 2.58. The Morgan fingerprint density at radius 2 is 1.86 bits per heavy atom. The number of methoxy groups -OCH3 is 1. The van der Waals surface area contributed by atoms with Crippen LogP contribution < -0.4 is 10.6 Å². The van der Waals surface area contributed by atoms with Gasteiger partial charge in [0.2, 0.25) is 0 Å². The molecular formula is C20H42N4O4. The molecule has 28 heavy (non-hydrogen) atoms. The van der Waals surface area contributed by atoms with Gasteiger partial charge in [0, 0.05) is 33.3 Å². The van der Waals surface area contributed by atoms with Gasteiger partial charge in [-0.1, -0.05) is 13.8 Å². The molecule has 0 aliphatic rings. The zero-order chi connectivity index (χ0) is 21.6. The van der Waals surface area contributed by atoms with E-state index in [0.29, 0.717) is 32.3 Å². The number of rotatable bonds is 12. The molecule has 0 saturated heterocycles. The number of hydrogen-bond donors (Lipinski definition) is 2. The van der Waals surface area contributed by atoms with E-state index in [1.807, 2.05) is 34.7 Å². The first-order valence-corrected chi connectivity index (χ1v) is 10.2. The van der Waals surface area contributed by atoms with Gasteiger partial charge in [-0.3, -0.25) is 4.99 Å². The van der Waals surface area contributed by atoms with Gasteiger partial charge < -0.3 is 29.7 Å². The Labute approximate surface area is 171 Å². The van der Waals surface area contributed by atoms with E-state index in [0.717, 1.165) is 25.5 Å². The van der Waals surface area contributed by atoms with Crippen molar-refractivity contribution in [3.05, 3.63) is 0 Å². The van der Waals surface area contributed by atoms with Crippen molar-refractivity contribution < 1.29 is 19.0 Å². The highest BCUT2D eigenvalue weighted by Crippen LogP contribution is 2.11. The summed E-state index contributed by atoms with van der Waals surface area (Å²) >= 11 is 0. The SMILES string of the molecule is CCNC(=NCCOCCOC)N(C)CCC(NC(=O)OC(C)(C)C)C(C)C. The molecule has 0 radical (unpaired) electrons. The third-order valence-corrected chi connectivity index (χ3v) is 3.91. The summed E-state index contributed by atoms with van der Waals surface area (Å²) in [6.45, 7) is 15.7. The maximum absolute atomic E-state index is 12.1. The Bertz CT molecular complexity index is 450. The number of carbonyl (C=O) groups excluding carboxylic acids is 1. The topological polar surface area (TPSA) is 84.4 Å². The first-order chi connectivity index (χ1) is 13.1. The fourth-order valence-corrected chi connectivity index (χ4v) is 2.40. The Morgan fingerprint density at radius 3 is 2.39 bits per heavy atom. The van der Waals surface area contributed by atoms with Crippen LogP contribution in [0.5, 0.6) is 0 Å². The van der Waals surface area contributed by atoms with Crippen LogP contribution in [0.25, 0.3) is 0 Å². The van der Waals surface area contributed by atoms with Crippen LogP contribution in [0.2, 0.25) is 0 Å². The first kappa shape index (κ1) is 26.5. The summed E-state index contributed by atoms with van der Waals surface area (Å²) in [5, 5.41) is 6.28. The van der Waals surface area contributed by atoms with Gasteiger partial charge in [-0.05, 0) is 40.0 Å². The Balaban J connectivity index is 4.59. The monoisotopic (exact) mass is 402 g/mol. The van der Waals surface area contributed by atoms with E-state index in [4.69, 9.17) is 14.2 Å². The van der Waals surface area contributed by atoms with Gasteiger partial charge >= 0.3 is 6.09 Å². The van der Waals surface area contributed by atoms with E-state index >= 15 is 0 Å². The fourth-order valence-electron chi connectivity index (χ4n) is 2.40. The number of amides is 1. The number of hydrogen-bond acceptors (Lipinski definition) is 5. The lowest BCUT2D eigenvalue weighted by Crippen LogP contribution is -2.45. The van der Waals surface area contributed by atoms with E-state index in [1.165, 1.54) is 0 Å². The second-order valence-corrected chi connectivity index (χ2v) is 8.05. The average molecular weight is 403 g/mol. The predicted molar refractivity (Wildman–Crippen MR) is 114 cm³/mol. The molecule has 0 fully saturated rings. The largest absolute Gasteiger partial charge is 0.444 e. The summed E-state index contributed by atoms with van der Waals surface area (Å²) in [7, 11) is 3.65. The van der Waals surface area contributed by atoms with Crippen LogP contribution in [0.3, 0.4) is 0 Å². The van der Waals surface area contributed by atoms with Gasteiger partial charge in [0.25, 0.3) is 0 Å². The van der Waals surface area contributed by atoms with Crippen molar-refractivity contribution >= 4 is 12.1 Å². The van der Waals surface area contributed by atoms with Crippen LogP contribution in [0.1, 0.15) is 48.0 Å². The minimum absolute atomic E-state index is 0.0255. The number of nitrogens with zero attached hydrogens (tertiary/aromatic N) is 2. The van der Waals surface area contributed by atoms with Crippen LogP contribution in [0.4, 0.5) is 4.79 Å². The molecule has 8 heteroatoms. The highest BCUT2D eigenvalue weighted by molar-refractivity contribution is 5.79. The van der Waals surface area contributed by atoms with Gasteiger partial charge in [0.15, 0.2) is 5.96 Å². The second kappa shape index (κ2) is 14.5. The van der Waals surface area contributed by atoms with Gasteiger partial charge in [-0.25, -0.2) is 4.79 Å². The van der Waals surface area contributed by atoms with Crippen LogP contribution >= 0.6 is 0 Å². The number of alkyl carbamates (subject to hydrolysis) is 1. The molecule has 0 heterocycles. The molecule has 1 atom stereocenters. The molecule has 0 aliphatic carbocycles. The molecule has 1 amide bonds. The molecule has 0 spiro atoms. The Morgan fingerprint density at radius 1 is 1.18 bits per heavy atom. The van der Waals surface area contributed by atoms with Crippen molar-refractivity contribution in [2.75, 3.05) is 53.6 Å². The van der Waals surface area contributed by atoms with Crippen molar-refractivity contribution in [1.29, 1.82) is 0 Å². The van der Waals surface area contributed by atoms with Crippen LogP contribution in [0.15, 0.2) is 4.99 Å². The summed E-state index contributed by atoms with van der Waals surface area (Å²) in [6, 6.07) is 0.0255. The summed E-state index contributed by atoms with van der Waals surface area (Å²) in [5.74, 6) is 1.13. The highest BCUT2D eigenvalue weighted by atomic mass is 16.6. The molecule has 0 aromatic heterocycles. The summed E-state index contributed by atoms with van der Waals surface area (Å²) in [6.07, 6.45) is 0.421. The van der Waals surface area contributed by atoms with E-state index in [1.54, 1.807) is 7.11 Å². The molecule has 0 aromatic carbocycles. The number of carbonyl (C=O) groups is 1. The molecule has 0 aliphatic heterocycles. The van der Waals surface area contributed by atoms with E-state index in [9.17, 15) is 4.79 Å². The van der Waals surface area contributed by atoms with E-state index in [2.05, 4.69) is 34.4 Å². The molecule has 1 unspecified atom stereocenters. The Hall–Kier alpha value is -1.54. The summed E-state index contributed by atoms with van der Waals surface area (Å²) < 4.78 is 15.8. The van der Waals surface area contributed by atoms with Gasteiger partial charge in [-0.2, -0.15) is 0 Å². The molecule has 166 valence electrons. The zero-order valence-electron chi connectivity index (χ0n) is 19.1. The fraction of sp³-hybridized carbons (Fsp3) is 0.900. The highest BCUT2D eigenvalue weighted by Gasteiger charge is 2.22. The third-order valence-electron chi connectivity index (χ3n) is 3.91. The normalized spacial score (nSPS) is 13.4. The van der Waals surface area contributed by atoms with Crippen molar-refractivity contribution in [3.8, 4) is 0 Å². The molecule has 0 aromatic rings. The molecule has 0 bridgehead atoms. The molecule has 0 saturated carbocycles. The van der Waals surface area contributed by atoms with E-state index in [-0.39, 0.29) is 12.1 Å². The lowest BCUT2D eigenvalue weighted by Gasteiger charge is -2.28. The molecule has 2 N–H and O–H groups in total. The minimum atomic E-state index is -0.501. The predicted octanol–water partition coefficient (Wildman–Crippen LogP) is 2.49. The number of guanidine groups is 1. The van der Waals surface area contributed by atoms with Gasteiger partial charge in [0.1, 0.15) is 5.60 Å². The Kier molecular flexibility index (Phi) is 13.7. The minimum Gasteiger partial charge on any atom is -0.444 e. The quantitative estimate of drug-likeness (QED) is 0.296. The maximum atomic E-state index is 12.1. The van der Waals surface area contributed by atoms with E-state index < -0.39 is 5.60 Å². The maximum Gasteiger partial charge on any atom is 0.407 e. The van der Waals surface area contributed by atoms with Gasteiger partial charge in [0.05, 0.1) is 26.4 Å². The van der Waals surface area contributed by atoms with Crippen LogP contribution in [-0.4, -0.2) is 82.2 Å². The second-order valence-electron chi connectivity index (χ2n) is 8.05. The number of aliphatic imine (C=N–C) groups is 1. The molecule has 0 rings (SSSR count). The molecule has 8 nitrogen and oxygen atoms in total. The lowest BCUT2D eigenvalue weighted by molar-refractivity contribution is 0.0485. The van der Waals surface area contributed by atoms with Gasteiger partial charge in [-0.15, -0.1) is 0 Å². The summed E-state index contributed by atoms with van der Waals surface area (Å²) in [4.78, 5) is 18.8. The van der Waals surface area contributed by atoms with Crippen molar-refractivity contribution in [2.24, 2.45) is 10.9 Å². The molecular weight excluding hydrogens is 360 g/mol. The smallest absolute Gasteiger partial charge is 0.407 e. The van der Waals surface area contributed by atoms with Crippen LogP contribution in [-0.2, 0) is 14.2 Å². The zero-order valence-corrected chi connectivity index (χ0v) is 19.1. The van der Waals surface area contributed by atoms with Crippen LogP contribution in [0, 0.1) is 5.92 Å². The van der Waals surface area contributed by atoms with Crippen molar-refractivity contribution in [3.63, 3.8) is 0 Å². The number of ether oxygens (including phenoxy) is 3. The van der Waals surface area contributed by atoms with Crippen molar-refractivity contribution in [1.82, 2.24) is 15.5 Å². The first-order valence-electron chi connectivity index (χ1n) is 10.2. The lowest BCUT2D eigenvalue weighted by atomic mass is 10.0. The third kappa shape index (κ3) is 13.6.